The molecule has 0 saturated heterocycles. The number of aryl methyl sites for hydroxylation is 1. The average molecular weight is 519 g/mol. The second-order valence-electron chi connectivity index (χ2n) is 8.46. The van der Waals surface area contributed by atoms with Gasteiger partial charge in [-0.05, 0) is 55.2 Å². The fourth-order valence-electron chi connectivity index (χ4n) is 3.64. The minimum Gasteiger partial charge on any atom is -0.493 e. The zero-order chi connectivity index (χ0) is 27.3. The number of ether oxygens (including phenoxy) is 3. The van der Waals surface area contributed by atoms with Crippen LogP contribution in [0, 0.1) is 13.0 Å². The number of carbonyl (C=O) groups excluding carboxylic acids is 3. The summed E-state index contributed by atoms with van der Waals surface area (Å²) in [6.45, 7) is 2.29. The van der Waals surface area contributed by atoms with Crippen LogP contribution in [0.25, 0.3) is 0 Å². The van der Waals surface area contributed by atoms with Crippen LogP contribution in [-0.4, -0.2) is 44.7 Å². The van der Waals surface area contributed by atoms with Crippen LogP contribution in [-0.2, 0) is 16.1 Å². The van der Waals surface area contributed by atoms with E-state index in [1.54, 1.807) is 24.3 Å². The third-order valence-corrected chi connectivity index (χ3v) is 5.62. The number of alkyl carbamates (subject to hydrolysis) is 1. The summed E-state index contributed by atoms with van der Waals surface area (Å²) in [5.41, 5.74) is 2.56. The van der Waals surface area contributed by atoms with E-state index >= 15 is 0 Å². The van der Waals surface area contributed by atoms with E-state index < -0.39 is 23.9 Å². The highest BCUT2D eigenvalue weighted by molar-refractivity contribution is 6.01. The molecule has 3 N–H and O–H groups in total. The molecule has 0 aliphatic carbocycles. The summed E-state index contributed by atoms with van der Waals surface area (Å²) >= 11 is 0. The molecule has 0 spiro atoms. The molecule has 38 heavy (non-hydrogen) atoms. The van der Waals surface area contributed by atoms with Gasteiger partial charge in [0, 0.05) is 23.9 Å². The van der Waals surface area contributed by atoms with Crippen LogP contribution in [0.4, 0.5) is 10.5 Å². The number of amides is 3. The van der Waals surface area contributed by atoms with E-state index in [1.807, 2.05) is 49.4 Å². The first-order valence-corrected chi connectivity index (χ1v) is 12.2. The van der Waals surface area contributed by atoms with Gasteiger partial charge in [-0.3, -0.25) is 9.59 Å². The van der Waals surface area contributed by atoms with Crippen molar-refractivity contribution in [2.45, 2.75) is 32.4 Å². The molecular formula is C29H32N3O6. The number of methoxy groups -OCH3 is 2. The summed E-state index contributed by atoms with van der Waals surface area (Å²) in [6.07, 6.45) is 0.136. The van der Waals surface area contributed by atoms with E-state index in [-0.39, 0.29) is 19.6 Å². The molecule has 0 saturated carbocycles. The molecule has 0 aliphatic heterocycles. The van der Waals surface area contributed by atoms with Crippen molar-refractivity contribution in [2.75, 3.05) is 26.1 Å². The smallest absolute Gasteiger partial charge is 0.407 e. The number of benzene rings is 3. The molecule has 199 valence electrons. The molecule has 0 aromatic heterocycles. The first-order chi connectivity index (χ1) is 18.4. The third-order valence-electron chi connectivity index (χ3n) is 5.62. The Morgan fingerprint density at radius 1 is 0.921 bits per heavy atom. The summed E-state index contributed by atoms with van der Waals surface area (Å²) in [5.74, 6) is 0.0363. The molecular weight excluding hydrogens is 486 g/mol. The van der Waals surface area contributed by atoms with Crippen molar-refractivity contribution in [3.05, 3.63) is 89.5 Å². The van der Waals surface area contributed by atoms with Gasteiger partial charge >= 0.3 is 6.09 Å². The van der Waals surface area contributed by atoms with Crippen molar-refractivity contribution in [3.63, 3.8) is 0 Å². The molecule has 3 aromatic rings. The topological polar surface area (TPSA) is 115 Å². The highest BCUT2D eigenvalue weighted by atomic mass is 16.5. The Morgan fingerprint density at radius 3 is 2.39 bits per heavy atom. The van der Waals surface area contributed by atoms with Gasteiger partial charge in [-0.25, -0.2) is 4.79 Å². The van der Waals surface area contributed by atoms with Gasteiger partial charge in [-0.1, -0.05) is 42.5 Å². The third kappa shape index (κ3) is 8.55. The average Bonchev–Trinajstić information content (AvgIpc) is 2.93. The van der Waals surface area contributed by atoms with E-state index in [9.17, 15) is 14.4 Å². The SMILES string of the molecule is COc1ccc(C(=O)N[C@@H](CCCNC(=O)OCc2ccccc2)C(=O)Nc2[c]c(C)ccc2)cc1OC. The van der Waals surface area contributed by atoms with E-state index in [1.165, 1.54) is 14.2 Å². The van der Waals surface area contributed by atoms with E-state index in [0.29, 0.717) is 29.2 Å². The minimum atomic E-state index is -0.869. The standard InChI is InChI=1S/C29H32N3O6/c1-20-9-7-12-23(17-20)31-28(34)24(32-27(33)22-14-15-25(36-2)26(18-22)37-3)13-8-16-30-29(35)38-19-21-10-5-4-6-11-21/h4-7,9-12,14-15,18,24H,8,13,16,19H2,1-3H3,(H,30,35)(H,31,34)(H,32,33)/t24-/m0/s1. The van der Waals surface area contributed by atoms with Crippen molar-refractivity contribution < 1.29 is 28.6 Å². The van der Waals surface area contributed by atoms with Gasteiger partial charge in [0.15, 0.2) is 11.5 Å². The molecule has 0 fully saturated rings. The zero-order valence-corrected chi connectivity index (χ0v) is 21.7. The van der Waals surface area contributed by atoms with E-state index in [2.05, 4.69) is 22.0 Å². The van der Waals surface area contributed by atoms with Gasteiger partial charge in [-0.2, -0.15) is 0 Å². The Balaban J connectivity index is 1.60. The number of anilines is 1. The lowest BCUT2D eigenvalue weighted by atomic mass is 10.1. The number of nitrogens with one attached hydrogen (secondary N) is 3. The first-order valence-electron chi connectivity index (χ1n) is 12.2. The largest absolute Gasteiger partial charge is 0.493 e. The molecule has 0 unspecified atom stereocenters. The van der Waals surface area contributed by atoms with Gasteiger partial charge in [0.05, 0.1) is 14.2 Å². The Kier molecular flexibility index (Phi) is 10.5. The second-order valence-corrected chi connectivity index (χ2v) is 8.46. The predicted molar refractivity (Wildman–Crippen MR) is 143 cm³/mol. The van der Waals surface area contributed by atoms with Crippen molar-refractivity contribution in [2.24, 2.45) is 0 Å². The molecule has 0 aliphatic rings. The summed E-state index contributed by atoms with van der Waals surface area (Å²) in [5, 5.41) is 8.26. The van der Waals surface area contributed by atoms with Gasteiger partial charge < -0.3 is 30.2 Å². The van der Waals surface area contributed by atoms with Crippen LogP contribution in [0.1, 0.15) is 34.3 Å². The van der Waals surface area contributed by atoms with Crippen molar-refractivity contribution in [1.29, 1.82) is 0 Å². The van der Waals surface area contributed by atoms with Gasteiger partial charge in [0.1, 0.15) is 12.6 Å². The fourth-order valence-corrected chi connectivity index (χ4v) is 3.64. The number of hydrogen-bond donors (Lipinski definition) is 3. The Bertz CT molecular complexity index is 1230. The molecule has 1 atom stereocenters. The summed E-state index contributed by atoms with van der Waals surface area (Å²) in [6, 6.07) is 21.7. The Hall–Kier alpha value is -4.53. The van der Waals surface area contributed by atoms with Gasteiger partial charge in [0.2, 0.25) is 5.91 Å². The number of carbonyl (C=O) groups is 3. The summed E-state index contributed by atoms with van der Waals surface area (Å²) in [7, 11) is 2.98. The zero-order valence-electron chi connectivity index (χ0n) is 21.7. The van der Waals surface area contributed by atoms with Crippen molar-refractivity contribution in [1.82, 2.24) is 10.6 Å². The maximum Gasteiger partial charge on any atom is 0.407 e. The second kappa shape index (κ2) is 14.3. The highest BCUT2D eigenvalue weighted by Gasteiger charge is 2.22. The maximum atomic E-state index is 13.1. The van der Waals surface area contributed by atoms with Crippen molar-refractivity contribution in [3.8, 4) is 11.5 Å². The van der Waals surface area contributed by atoms with E-state index in [0.717, 1.165) is 11.1 Å². The van der Waals surface area contributed by atoms with Gasteiger partial charge in [0.25, 0.3) is 5.91 Å². The molecule has 1 radical (unpaired) electrons. The van der Waals surface area contributed by atoms with Gasteiger partial charge in [-0.15, -0.1) is 0 Å². The van der Waals surface area contributed by atoms with Crippen LogP contribution in [0.3, 0.4) is 0 Å². The predicted octanol–water partition coefficient (Wildman–Crippen LogP) is 4.26. The number of hydrogen-bond acceptors (Lipinski definition) is 6. The Morgan fingerprint density at radius 2 is 1.68 bits per heavy atom. The molecule has 3 aromatic carbocycles. The molecule has 9 nitrogen and oxygen atoms in total. The quantitative estimate of drug-likeness (QED) is 0.309. The minimum absolute atomic E-state index is 0.159. The van der Waals surface area contributed by atoms with Crippen LogP contribution in [0.5, 0.6) is 11.5 Å². The molecule has 0 bridgehead atoms. The summed E-state index contributed by atoms with van der Waals surface area (Å²) < 4.78 is 15.7. The molecule has 9 heteroatoms. The lowest BCUT2D eigenvalue weighted by Gasteiger charge is -2.19. The normalized spacial score (nSPS) is 11.1. The molecule has 3 amide bonds. The monoisotopic (exact) mass is 518 g/mol. The van der Waals surface area contributed by atoms with Crippen LogP contribution >= 0.6 is 0 Å². The van der Waals surface area contributed by atoms with Crippen molar-refractivity contribution >= 4 is 23.6 Å². The van der Waals surface area contributed by atoms with Crippen LogP contribution < -0.4 is 25.4 Å². The lowest BCUT2D eigenvalue weighted by Crippen LogP contribution is -2.44. The first kappa shape index (κ1) is 28.0. The molecule has 0 heterocycles. The fraction of sp³-hybridized carbons (Fsp3) is 0.276. The van der Waals surface area contributed by atoms with Crippen LogP contribution in [0.2, 0.25) is 0 Å². The molecule has 3 rings (SSSR count). The highest BCUT2D eigenvalue weighted by Crippen LogP contribution is 2.27. The van der Waals surface area contributed by atoms with Crippen LogP contribution in [0.15, 0.2) is 66.7 Å². The number of rotatable bonds is 12. The maximum absolute atomic E-state index is 13.1. The lowest BCUT2D eigenvalue weighted by molar-refractivity contribution is -0.118. The van der Waals surface area contributed by atoms with E-state index in [4.69, 9.17) is 14.2 Å². The Labute approximate surface area is 222 Å². The summed E-state index contributed by atoms with van der Waals surface area (Å²) in [4.78, 5) is 38.1.